The molecule has 0 unspecified atom stereocenters. The van der Waals surface area contributed by atoms with Crippen molar-refractivity contribution in [3.63, 3.8) is 0 Å². The Bertz CT molecular complexity index is 1120. The molecule has 0 aliphatic carbocycles. The zero-order valence-corrected chi connectivity index (χ0v) is 14.7. The van der Waals surface area contributed by atoms with Gasteiger partial charge >= 0.3 is 0 Å². The maximum Gasteiger partial charge on any atom is 0.279 e. The maximum atomic E-state index is 12.7. The average Bonchev–Trinajstić information content (AvgIpc) is 2.87. The Morgan fingerprint density at radius 1 is 1.20 bits per heavy atom. The molecule has 0 radical (unpaired) electrons. The molecule has 5 nitrogen and oxygen atoms in total. The van der Waals surface area contributed by atoms with Gasteiger partial charge in [0, 0.05) is 0 Å². The maximum absolute atomic E-state index is 12.7. The minimum atomic E-state index is -0.282. The molecule has 0 spiro atoms. The molecular weight excluding hydrogens is 363 g/mol. The van der Waals surface area contributed by atoms with Crippen LogP contribution in [-0.2, 0) is 0 Å². The van der Waals surface area contributed by atoms with E-state index in [0.717, 1.165) is 0 Å². The molecule has 0 saturated carbocycles. The van der Waals surface area contributed by atoms with Gasteiger partial charge in [-0.15, -0.1) is 0 Å². The summed E-state index contributed by atoms with van der Waals surface area (Å²) >= 11 is 11.9. The highest BCUT2D eigenvalue weighted by Gasteiger charge is 2.08. The number of aromatic amines is 1. The van der Waals surface area contributed by atoms with Crippen LogP contribution in [0, 0.1) is 0 Å². The monoisotopic (exact) mass is 376 g/mol. The van der Waals surface area contributed by atoms with Crippen molar-refractivity contribution in [2.24, 2.45) is 0 Å². The van der Waals surface area contributed by atoms with Crippen LogP contribution in [0.3, 0.4) is 0 Å². The van der Waals surface area contributed by atoms with Crippen molar-refractivity contribution in [3.05, 3.63) is 72.9 Å². The highest BCUT2D eigenvalue weighted by atomic mass is 35.5. The summed E-state index contributed by atoms with van der Waals surface area (Å²) in [4.78, 5) is 12.7. The van der Waals surface area contributed by atoms with E-state index in [-0.39, 0.29) is 11.3 Å². The van der Waals surface area contributed by atoms with E-state index in [4.69, 9.17) is 27.9 Å². The summed E-state index contributed by atoms with van der Waals surface area (Å²) in [5.41, 5.74) is 0.958. The zero-order chi connectivity index (χ0) is 18.1. The molecule has 2 N–H and O–H groups in total. The van der Waals surface area contributed by atoms with E-state index in [2.05, 4.69) is 11.7 Å². The number of aromatic hydroxyl groups is 1. The number of rotatable bonds is 3. The SMILES string of the molecule is C=c1[nH]n(-c2ccc(Cl)c(Cl)c2)c(=O)c1=Cc1ccc(O)c(OC)c1. The van der Waals surface area contributed by atoms with Gasteiger partial charge in [0.25, 0.3) is 5.56 Å². The molecule has 0 aliphatic heterocycles. The first-order chi connectivity index (χ1) is 11.9. The van der Waals surface area contributed by atoms with Crippen molar-refractivity contribution >= 4 is 35.9 Å². The van der Waals surface area contributed by atoms with Crippen molar-refractivity contribution < 1.29 is 9.84 Å². The fraction of sp³-hybridized carbons (Fsp3) is 0.0556. The Morgan fingerprint density at radius 3 is 2.64 bits per heavy atom. The quantitative estimate of drug-likeness (QED) is 0.737. The standard InChI is InChI=1S/C18H14Cl2N2O3/c1-10-13(7-11-3-6-16(23)17(8-11)25-2)18(24)22(21-10)12-4-5-14(19)15(20)9-12/h3-9,21,23H,1H2,2H3. The molecule has 1 aromatic heterocycles. The molecule has 128 valence electrons. The first kappa shape index (κ1) is 17.2. The summed E-state index contributed by atoms with van der Waals surface area (Å²) < 4.78 is 6.42. The van der Waals surface area contributed by atoms with Gasteiger partial charge in [-0.1, -0.05) is 35.8 Å². The number of benzene rings is 2. The number of phenolic OH excluding ortho intramolecular Hbond substituents is 1. The average molecular weight is 377 g/mol. The molecule has 0 aliphatic rings. The largest absolute Gasteiger partial charge is 0.504 e. The van der Waals surface area contributed by atoms with E-state index in [0.29, 0.717) is 37.6 Å². The minimum Gasteiger partial charge on any atom is -0.504 e. The van der Waals surface area contributed by atoms with Crippen LogP contribution >= 0.6 is 23.2 Å². The number of nitrogens with zero attached hydrogens (tertiary/aromatic N) is 1. The van der Waals surface area contributed by atoms with Crippen LogP contribution in [0.15, 0.2) is 41.2 Å². The van der Waals surface area contributed by atoms with Crippen molar-refractivity contribution in [2.45, 2.75) is 0 Å². The van der Waals surface area contributed by atoms with E-state index in [1.807, 2.05) is 0 Å². The van der Waals surface area contributed by atoms with Crippen molar-refractivity contribution in [1.82, 2.24) is 9.78 Å². The van der Waals surface area contributed by atoms with Gasteiger partial charge in [-0.3, -0.25) is 9.89 Å². The summed E-state index contributed by atoms with van der Waals surface area (Å²) in [6, 6.07) is 9.69. The lowest BCUT2D eigenvalue weighted by Crippen LogP contribution is -2.33. The Kier molecular flexibility index (Phi) is 4.61. The summed E-state index contributed by atoms with van der Waals surface area (Å²) in [7, 11) is 1.46. The van der Waals surface area contributed by atoms with Crippen LogP contribution in [0.2, 0.25) is 10.0 Å². The fourth-order valence-corrected chi connectivity index (χ4v) is 2.69. The third kappa shape index (κ3) is 3.29. The Balaban J connectivity index is 2.16. The highest BCUT2D eigenvalue weighted by Crippen LogP contribution is 2.26. The van der Waals surface area contributed by atoms with E-state index < -0.39 is 0 Å². The van der Waals surface area contributed by atoms with Crippen LogP contribution in [0.25, 0.3) is 18.3 Å². The van der Waals surface area contributed by atoms with Gasteiger partial charge < -0.3 is 9.84 Å². The number of ether oxygens (including phenoxy) is 1. The van der Waals surface area contributed by atoms with Crippen molar-refractivity contribution in [3.8, 4) is 17.2 Å². The lowest BCUT2D eigenvalue weighted by molar-refractivity contribution is 0.373. The molecular formula is C18H14Cl2N2O3. The molecule has 3 rings (SSSR count). The third-order valence-electron chi connectivity index (χ3n) is 3.68. The van der Waals surface area contributed by atoms with Crippen LogP contribution in [-0.4, -0.2) is 22.0 Å². The summed E-state index contributed by atoms with van der Waals surface area (Å²) in [6.07, 6.45) is 1.66. The zero-order valence-electron chi connectivity index (χ0n) is 13.2. The molecule has 0 bridgehead atoms. The fourth-order valence-electron chi connectivity index (χ4n) is 2.40. The lowest BCUT2D eigenvalue weighted by Gasteiger charge is -2.03. The number of hydrogen-bond acceptors (Lipinski definition) is 3. The third-order valence-corrected chi connectivity index (χ3v) is 4.42. The number of halogens is 2. The Hall–Kier alpha value is -2.63. The van der Waals surface area contributed by atoms with E-state index in [1.165, 1.54) is 17.9 Å². The number of nitrogens with one attached hydrogen (secondary N) is 1. The predicted molar refractivity (Wildman–Crippen MR) is 99.4 cm³/mol. The van der Waals surface area contributed by atoms with E-state index >= 15 is 0 Å². The molecule has 0 fully saturated rings. The molecule has 1 heterocycles. The van der Waals surface area contributed by atoms with Gasteiger partial charge in [0.15, 0.2) is 11.5 Å². The smallest absolute Gasteiger partial charge is 0.279 e. The second kappa shape index (κ2) is 6.70. The van der Waals surface area contributed by atoms with Crippen LogP contribution < -0.4 is 20.9 Å². The van der Waals surface area contributed by atoms with E-state index in [1.54, 1.807) is 36.4 Å². The number of aromatic nitrogens is 2. The van der Waals surface area contributed by atoms with Gasteiger partial charge in [-0.05, 0) is 42.0 Å². The molecule has 3 aromatic rings. The second-order valence-corrected chi connectivity index (χ2v) is 6.13. The molecule has 0 amide bonds. The molecule has 25 heavy (non-hydrogen) atoms. The van der Waals surface area contributed by atoms with Gasteiger partial charge in [-0.25, -0.2) is 4.68 Å². The first-order valence-electron chi connectivity index (χ1n) is 7.25. The molecule has 0 saturated heterocycles. The highest BCUT2D eigenvalue weighted by molar-refractivity contribution is 6.42. The Morgan fingerprint density at radius 2 is 1.96 bits per heavy atom. The van der Waals surface area contributed by atoms with Gasteiger partial charge in [0.1, 0.15) is 0 Å². The van der Waals surface area contributed by atoms with Crippen molar-refractivity contribution in [1.29, 1.82) is 0 Å². The van der Waals surface area contributed by atoms with Crippen LogP contribution in [0.5, 0.6) is 11.5 Å². The van der Waals surface area contributed by atoms with Gasteiger partial charge in [0.05, 0.1) is 33.4 Å². The number of methoxy groups -OCH3 is 1. The van der Waals surface area contributed by atoms with Crippen LogP contribution in [0.4, 0.5) is 0 Å². The Labute approximate surface area is 153 Å². The second-order valence-electron chi connectivity index (χ2n) is 5.32. The summed E-state index contributed by atoms with van der Waals surface area (Å²) in [5.74, 6) is 0.344. The first-order valence-corrected chi connectivity index (χ1v) is 8.00. The molecule has 7 heteroatoms. The van der Waals surface area contributed by atoms with Gasteiger partial charge in [0.2, 0.25) is 0 Å². The number of phenols is 1. The molecule has 0 atom stereocenters. The van der Waals surface area contributed by atoms with Crippen LogP contribution in [0.1, 0.15) is 5.56 Å². The predicted octanol–water partition coefficient (Wildman–Crippen LogP) is 2.43. The van der Waals surface area contributed by atoms with Gasteiger partial charge in [-0.2, -0.15) is 0 Å². The normalized spacial score (nSPS) is 11.7. The molecule has 2 aromatic carbocycles. The summed E-state index contributed by atoms with van der Waals surface area (Å²) in [5, 5.41) is 14.2. The number of H-pyrrole nitrogens is 1. The summed E-state index contributed by atoms with van der Waals surface area (Å²) in [6.45, 7) is 3.88. The topological polar surface area (TPSA) is 67.2 Å². The lowest BCUT2D eigenvalue weighted by atomic mass is 10.1. The van der Waals surface area contributed by atoms with E-state index in [9.17, 15) is 9.90 Å². The van der Waals surface area contributed by atoms with Crippen molar-refractivity contribution in [2.75, 3.05) is 7.11 Å². The minimum absolute atomic E-state index is 0.0248. The number of hydrogen-bond donors (Lipinski definition) is 2.